The van der Waals surface area contributed by atoms with Crippen LogP contribution in [0.2, 0.25) is 20.1 Å². The summed E-state index contributed by atoms with van der Waals surface area (Å²) < 4.78 is 8.78. The minimum absolute atomic E-state index is 0.0372. The van der Waals surface area contributed by atoms with Crippen LogP contribution in [0.15, 0.2) is 42.5 Å². The van der Waals surface area contributed by atoms with E-state index in [1.165, 1.54) is 0 Å². The van der Waals surface area contributed by atoms with Gasteiger partial charge in [-0.1, -0.05) is 77.6 Å². The molecule has 1 aromatic heterocycles. The van der Waals surface area contributed by atoms with E-state index in [0.717, 1.165) is 58.6 Å². The number of hydrogen-bond acceptors (Lipinski definition) is 3. The molecule has 1 unspecified atom stereocenters. The van der Waals surface area contributed by atoms with Crippen molar-refractivity contribution in [2.24, 2.45) is 0 Å². The molecule has 1 aliphatic rings. The van der Waals surface area contributed by atoms with Gasteiger partial charge in [0.25, 0.3) is 0 Å². The van der Waals surface area contributed by atoms with Gasteiger partial charge in [0, 0.05) is 58.6 Å². The minimum atomic E-state index is -1.39. The summed E-state index contributed by atoms with van der Waals surface area (Å²) in [7, 11) is 0. The van der Waals surface area contributed by atoms with Crippen LogP contribution in [0.5, 0.6) is 0 Å². The zero-order valence-electron chi connectivity index (χ0n) is 22.6. The molecule has 8 heteroatoms. The molecular formula is C31H30Cl4N2O2. The highest BCUT2D eigenvalue weighted by Crippen LogP contribution is 2.58. The van der Waals surface area contributed by atoms with Crippen molar-refractivity contribution in [2.75, 3.05) is 18.0 Å². The Kier molecular flexibility index (Phi) is 7.62. The number of aryl methyl sites for hydroxylation is 2. The van der Waals surface area contributed by atoms with Gasteiger partial charge in [-0.05, 0) is 57.9 Å². The third kappa shape index (κ3) is 3.98. The van der Waals surface area contributed by atoms with Gasteiger partial charge >= 0.3 is 5.97 Å². The van der Waals surface area contributed by atoms with Gasteiger partial charge < -0.3 is 14.2 Å². The molecule has 0 spiro atoms. The third-order valence-corrected chi connectivity index (χ3v) is 9.75. The molecule has 0 amide bonds. The first kappa shape index (κ1) is 28.2. The number of halogens is 4. The number of cyclic esters (lactones) is 1. The average Bonchev–Trinajstić information content (AvgIpc) is 3.41. The van der Waals surface area contributed by atoms with Crippen LogP contribution in [0.3, 0.4) is 0 Å². The summed E-state index contributed by atoms with van der Waals surface area (Å²) >= 11 is 26.8. The Labute approximate surface area is 249 Å². The van der Waals surface area contributed by atoms with Crippen LogP contribution >= 0.6 is 46.4 Å². The quantitative estimate of drug-likeness (QED) is 0.120. The lowest BCUT2D eigenvalue weighted by Crippen LogP contribution is -2.32. The highest BCUT2D eigenvalue weighted by molar-refractivity contribution is 6.53. The van der Waals surface area contributed by atoms with Crippen LogP contribution in [0.25, 0.3) is 10.9 Å². The number of hydrogen-bond donors (Lipinski definition) is 0. The number of carbonyl (C=O) groups is 1. The zero-order valence-corrected chi connectivity index (χ0v) is 25.6. The Morgan fingerprint density at radius 1 is 0.872 bits per heavy atom. The molecular weight excluding hydrogens is 574 g/mol. The summed E-state index contributed by atoms with van der Waals surface area (Å²) in [5.41, 5.74) is 5.00. The largest absolute Gasteiger partial charge is 0.440 e. The number of para-hydroxylation sites is 1. The van der Waals surface area contributed by atoms with Gasteiger partial charge in [-0.2, -0.15) is 0 Å². The Bertz CT molecular complexity index is 1620. The maximum atomic E-state index is 13.8. The molecule has 0 fully saturated rings. The molecule has 4 nitrogen and oxygen atoms in total. The van der Waals surface area contributed by atoms with E-state index >= 15 is 0 Å². The maximum absolute atomic E-state index is 13.8. The Morgan fingerprint density at radius 2 is 1.54 bits per heavy atom. The van der Waals surface area contributed by atoms with Gasteiger partial charge in [0.05, 0.1) is 25.7 Å². The van der Waals surface area contributed by atoms with Crippen LogP contribution in [0.4, 0.5) is 5.69 Å². The summed E-state index contributed by atoms with van der Waals surface area (Å²) in [6.45, 7) is 13.0. The monoisotopic (exact) mass is 602 g/mol. The van der Waals surface area contributed by atoms with Gasteiger partial charge in [0.2, 0.25) is 0 Å². The van der Waals surface area contributed by atoms with Crippen LogP contribution in [-0.4, -0.2) is 23.6 Å². The van der Waals surface area contributed by atoms with Crippen molar-refractivity contribution in [3.05, 3.63) is 96.1 Å². The second-order valence-electron chi connectivity index (χ2n) is 9.67. The Hall–Kier alpha value is -2.37. The zero-order chi connectivity index (χ0) is 28.2. The molecule has 0 bridgehead atoms. The van der Waals surface area contributed by atoms with Gasteiger partial charge in [-0.15, -0.1) is 0 Å². The summed E-state index contributed by atoms with van der Waals surface area (Å²) in [5.74, 6) is -0.585. The molecule has 0 saturated heterocycles. The third-order valence-electron chi connectivity index (χ3n) is 7.95. The van der Waals surface area contributed by atoms with Crippen LogP contribution in [0.1, 0.15) is 66.0 Å². The molecule has 1 aliphatic heterocycles. The average molecular weight is 604 g/mol. The van der Waals surface area contributed by atoms with Crippen LogP contribution in [-0.2, 0) is 23.3 Å². The number of rotatable bonds is 7. The van der Waals surface area contributed by atoms with Gasteiger partial charge in [-0.3, -0.25) is 0 Å². The van der Waals surface area contributed by atoms with Crippen molar-refractivity contribution in [1.82, 2.24) is 4.57 Å². The van der Waals surface area contributed by atoms with E-state index in [4.69, 9.17) is 51.1 Å². The van der Waals surface area contributed by atoms with Crippen molar-refractivity contribution >= 4 is 69.0 Å². The molecule has 1 atom stereocenters. The van der Waals surface area contributed by atoms with E-state index in [1.54, 1.807) is 0 Å². The fraction of sp³-hybridized carbons (Fsp3) is 0.323. The first-order valence-corrected chi connectivity index (χ1v) is 14.7. The normalized spacial score (nSPS) is 16.6. The highest BCUT2D eigenvalue weighted by Gasteiger charge is 2.55. The Morgan fingerprint density at radius 3 is 2.18 bits per heavy atom. The fourth-order valence-corrected chi connectivity index (χ4v) is 7.24. The number of aromatic nitrogens is 1. The van der Waals surface area contributed by atoms with Crippen molar-refractivity contribution < 1.29 is 9.53 Å². The smallest absolute Gasteiger partial charge is 0.341 e. The minimum Gasteiger partial charge on any atom is -0.440 e. The lowest BCUT2D eigenvalue weighted by Gasteiger charge is -2.34. The summed E-state index contributed by atoms with van der Waals surface area (Å²) in [5, 5.41) is 1.30. The second kappa shape index (κ2) is 10.6. The molecule has 0 aliphatic carbocycles. The van der Waals surface area contributed by atoms with Crippen LogP contribution in [0, 0.1) is 6.92 Å². The predicted octanol–water partition coefficient (Wildman–Crippen LogP) is 9.45. The molecule has 39 heavy (non-hydrogen) atoms. The SMILES string of the molecule is CCc1cc(N(CC)CC)ccc1C1(c2c(C)n(CC)c3ccccc23)OC(=O)c2c(Cl)c(Cl)c(Cl)c(Cl)c21. The first-order chi connectivity index (χ1) is 18.7. The number of esters is 1. The molecule has 2 heterocycles. The van der Waals surface area contributed by atoms with Crippen molar-refractivity contribution in [3.63, 3.8) is 0 Å². The highest BCUT2D eigenvalue weighted by atomic mass is 35.5. The predicted molar refractivity (Wildman–Crippen MR) is 164 cm³/mol. The Balaban J connectivity index is 2.00. The molecule has 0 N–H and O–H groups in total. The lowest BCUT2D eigenvalue weighted by atomic mass is 9.76. The number of benzene rings is 3. The van der Waals surface area contributed by atoms with Crippen molar-refractivity contribution in [3.8, 4) is 0 Å². The molecule has 0 radical (unpaired) electrons. The van der Waals surface area contributed by atoms with E-state index in [9.17, 15) is 4.79 Å². The van der Waals surface area contributed by atoms with Gasteiger partial charge in [-0.25, -0.2) is 4.79 Å². The van der Waals surface area contributed by atoms with Crippen LogP contribution < -0.4 is 4.90 Å². The summed E-state index contributed by atoms with van der Waals surface area (Å²) in [4.78, 5) is 16.1. The number of nitrogens with zero attached hydrogens (tertiary/aromatic N) is 2. The molecule has 4 aromatic rings. The molecule has 204 valence electrons. The topological polar surface area (TPSA) is 34.5 Å². The van der Waals surface area contributed by atoms with E-state index in [1.807, 2.05) is 12.1 Å². The van der Waals surface area contributed by atoms with E-state index < -0.39 is 11.6 Å². The first-order valence-electron chi connectivity index (χ1n) is 13.2. The number of fused-ring (bicyclic) bond motifs is 2. The fourth-order valence-electron chi connectivity index (χ4n) is 6.18. The van der Waals surface area contributed by atoms with E-state index in [2.05, 4.69) is 74.4 Å². The number of anilines is 1. The van der Waals surface area contributed by atoms with Crippen molar-refractivity contribution in [2.45, 2.75) is 53.2 Å². The maximum Gasteiger partial charge on any atom is 0.341 e. The molecule has 5 rings (SSSR count). The molecule has 3 aromatic carbocycles. The standard InChI is InChI=1S/C31H30Cl4N2O2/c1-6-18-16-19(36(7-2)8-3)14-15-21(18)31(24-17(5)37(9-4)22-13-11-10-12-20(22)24)25-23(30(38)39-31)26(32)28(34)29(35)27(25)33/h10-16H,6-9H2,1-5H3. The van der Waals surface area contributed by atoms with Crippen molar-refractivity contribution in [1.29, 1.82) is 0 Å². The number of ether oxygens (including phenoxy) is 1. The lowest BCUT2D eigenvalue weighted by molar-refractivity contribution is 0.0251. The van der Waals surface area contributed by atoms with Gasteiger partial charge in [0.15, 0.2) is 5.60 Å². The van der Waals surface area contributed by atoms with E-state index in [-0.39, 0.29) is 25.7 Å². The summed E-state index contributed by atoms with van der Waals surface area (Å²) in [6, 6.07) is 14.4. The molecule has 0 saturated carbocycles. The van der Waals surface area contributed by atoms with Gasteiger partial charge in [0.1, 0.15) is 0 Å². The number of carbonyl (C=O) groups excluding carboxylic acids is 1. The van der Waals surface area contributed by atoms with E-state index in [0.29, 0.717) is 12.0 Å². The second-order valence-corrected chi connectivity index (χ2v) is 11.2. The summed E-state index contributed by atoms with van der Waals surface area (Å²) in [6.07, 6.45) is 0.706.